The van der Waals surface area contributed by atoms with Crippen LogP contribution in [-0.2, 0) is 0 Å². The van der Waals surface area contributed by atoms with Crippen molar-refractivity contribution in [1.82, 2.24) is 18.5 Å². The summed E-state index contributed by atoms with van der Waals surface area (Å²) in [6, 6.07) is 3.62. The Balaban J connectivity index is 2.17. The summed E-state index contributed by atoms with van der Waals surface area (Å²) < 4.78 is 5.81. The van der Waals surface area contributed by atoms with Crippen molar-refractivity contribution in [3.8, 4) is 0 Å². The first-order chi connectivity index (χ1) is 13.9. The van der Waals surface area contributed by atoms with Gasteiger partial charge in [-0.15, -0.1) is 0 Å². The largest absolute Gasteiger partial charge is 0.309 e. The molecule has 9 heteroatoms. The third-order valence-electron chi connectivity index (χ3n) is 4.72. The number of rotatable bonds is 8. The molecule has 2 aromatic carbocycles. The first-order valence-electron chi connectivity index (χ1n) is 9.73. The van der Waals surface area contributed by atoms with Gasteiger partial charge in [-0.25, -0.2) is 0 Å². The lowest BCUT2D eigenvalue weighted by atomic mass is 10.1. The number of aromatic amines is 2. The lowest BCUT2D eigenvalue weighted by molar-refractivity contribution is 0.402. The van der Waals surface area contributed by atoms with Gasteiger partial charge in [0.1, 0.15) is 11.0 Å². The lowest BCUT2D eigenvalue weighted by Crippen LogP contribution is -2.27. The van der Waals surface area contributed by atoms with Gasteiger partial charge in [0.2, 0.25) is 10.9 Å². The van der Waals surface area contributed by atoms with Crippen molar-refractivity contribution in [2.75, 3.05) is 54.4 Å². The molecule has 0 saturated heterocycles. The molecule has 0 saturated carbocycles. The van der Waals surface area contributed by atoms with Gasteiger partial charge in [0.05, 0.1) is 21.5 Å². The minimum absolute atomic E-state index is 0.205. The molecule has 8 nitrogen and oxygen atoms in total. The van der Waals surface area contributed by atoms with E-state index >= 15 is 0 Å². The second-order valence-electron chi connectivity index (χ2n) is 7.65. The minimum Gasteiger partial charge on any atom is -0.309 e. The molecule has 0 aliphatic rings. The molecule has 29 heavy (non-hydrogen) atoms. The van der Waals surface area contributed by atoms with Crippen LogP contribution in [0.25, 0.3) is 21.8 Å². The predicted octanol–water partition coefficient (Wildman–Crippen LogP) is 0.574. The Morgan fingerprint density at radius 2 is 1.21 bits per heavy atom. The molecule has 3 aromatic rings. The Morgan fingerprint density at radius 1 is 0.793 bits per heavy atom. The highest BCUT2D eigenvalue weighted by atomic mass is 32.1. The molecular weight excluding hydrogens is 388 g/mol. The summed E-state index contributed by atoms with van der Waals surface area (Å²) in [5, 5.41) is 1.86. The van der Waals surface area contributed by atoms with Crippen LogP contribution in [0.5, 0.6) is 0 Å². The smallest absolute Gasteiger partial charge is 0.215 e. The molecule has 0 aliphatic carbocycles. The van der Waals surface area contributed by atoms with Crippen LogP contribution in [0.1, 0.15) is 12.8 Å². The summed E-state index contributed by atoms with van der Waals surface area (Å²) in [7, 11) is 8.06. The molecule has 0 spiro atoms. The molecule has 0 atom stereocenters. The third-order valence-corrected chi connectivity index (χ3v) is 5.33. The van der Waals surface area contributed by atoms with Crippen LogP contribution in [0.4, 0.5) is 0 Å². The van der Waals surface area contributed by atoms with E-state index in [0.717, 1.165) is 37.7 Å². The number of nitrogens with one attached hydrogen (secondary N) is 2. The van der Waals surface area contributed by atoms with E-state index in [2.05, 4.69) is 28.5 Å². The highest BCUT2D eigenvalue weighted by Crippen LogP contribution is 2.06. The zero-order valence-electron chi connectivity index (χ0n) is 17.4. The van der Waals surface area contributed by atoms with E-state index in [4.69, 9.17) is 0 Å². The number of hydrogen-bond acceptors (Lipinski definition) is 7. The predicted molar refractivity (Wildman–Crippen MR) is 119 cm³/mol. The number of hydrogen-bond donors (Lipinski definition) is 2. The van der Waals surface area contributed by atoms with Crippen LogP contribution < -0.4 is 21.6 Å². The fourth-order valence-corrected chi connectivity index (χ4v) is 3.92. The number of H-pyrrole nitrogens is 2. The summed E-state index contributed by atoms with van der Waals surface area (Å²) in [5.74, 6) is 0. The van der Waals surface area contributed by atoms with Crippen molar-refractivity contribution >= 4 is 33.5 Å². The second-order valence-corrected chi connectivity index (χ2v) is 8.26. The van der Waals surface area contributed by atoms with Crippen LogP contribution in [0.15, 0.2) is 31.7 Å². The average Bonchev–Trinajstić information content (AvgIpc) is 3.17. The molecule has 3 rings (SSSR count). The molecule has 2 N–H and O–H groups in total. The van der Waals surface area contributed by atoms with Crippen molar-refractivity contribution in [3.05, 3.63) is 43.3 Å². The van der Waals surface area contributed by atoms with E-state index in [-0.39, 0.29) is 10.9 Å². The van der Waals surface area contributed by atoms with Crippen molar-refractivity contribution < 1.29 is 0 Å². The topological polar surface area (TPSA) is 96.9 Å². The van der Waals surface area contributed by atoms with Crippen LogP contribution in [-0.4, -0.2) is 72.9 Å². The van der Waals surface area contributed by atoms with Crippen LogP contribution in [0.2, 0.25) is 0 Å². The van der Waals surface area contributed by atoms with E-state index in [9.17, 15) is 9.59 Å². The molecule has 0 aliphatic heterocycles. The maximum atomic E-state index is 13.1. The summed E-state index contributed by atoms with van der Waals surface area (Å²) in [6.07, 6.45) is 1.76. The first kappa shape index (κ1) is 21.4. The monoisotopic (exact) mass is 416 g/mol. The highest BCUT2D eigenvalue weighted by molar-refractivity contribution is 7.00. The van der Waals surface area contributed by atoms with Gasteiger partial charge >= 0.3 is 0 Å². The van der Waals surface area contributed by atoms with E-state index in [1.165, 1.54) is 0 Å². The van der Waals surface area contributed by atoms with E-state index in [1.807, 2.05) is 40.3 Å². The summed E-state index contributed by atoms with van der Waals surface area (Å²) in [4.78, 5) is 39.7. The molecule has 0 radical (unpaired) electrons. The summed E-state index contributed by atoms with van der Waals surface area (Å²) in [5.41, 5.74) is 0.205. The second kappa shape index (κ2) is 9.43. The van der Waals surface area contributed by atoms with Gasteiger partial charge in [0, 0.05) is 24.8 Å². The highest BCUT2D eigenvalue weighted by Gasteiger charge is 2.15. The number of nitrogens with zero attached hydrogens (tertiary/aromatic N) is 4. The minimum atomic E-state index is -0.205. The van der Waals surface area contributed by atoms with Gasteiger partial charge in [-0.3, -0.25) is 28.3 Å². The molecule has 156 valence electrons. The van der Waals surface area contributed by atoms with Gasteiger partial charge in [-0.1, -0.05) is 0 Å². The Kier molecular flexibility index (Phi) is 6.94. The fourth-order valence-electron chi connectivity index (χ4n) is 3.28. The van der Waals surface area contributed by atoms with Crippen molar-refractivity contribution in [3.63, 3.8) is 0 Å². The molecule has 0 bridgehead atoms. The van der Waals surface area contributed by atoms with E-state index < -0.39 is 0 Å². The summed E-state index contributed by atoms with van der Waals surface area (Å²) in [6.45, 7) is 3.01. The molecule has 0 fully saturated rings. The lowest BCUT2D eigenvalue weighted by Gasteiger charge is -2.07. The number of fused-ring (bicyclic) bond motifs is 2. The Hall–Kier alpha value is -2.36. The Morgan fingerprint density at radius 3 is 1.59 bits per heavy atom. The number of benzene rings is 2. The summed E-state index contributed by atoms with van der Waals surface area (Å²) >= 11 is 1.13. The van der Waals surface area contributed by atoms with Gasteiger partial charge in [-0.2, -0.15) is 0 Å². The maximum absolute atomic E-state index is 13.1. The Labute approximate surface area is 172 Å². The third kappa shape index (κ3) is 4.80. The quantitative estimate of drug-likeness (QED) is 0.525. The van der Waals surface area contributed by atoms with Gasteiger partial charge in [0.25, 0.3) is 0 Å². The maximum Gasteiger partial charge on any atom is 0.215 e. The zero-order chi connectivity index (χ0) is 21.0. The van der Waals surface area contributed by atoms with Gasteiger partial charge in [0.15, 0.2) is 0 Å². The van der Waals surface area contributed by atoms with Crippen LogP contribution in [0.3, 0.4) is 0 Å². The van der Waals surface area contributed by atoms with Crippen molar-refractivity contribution in [2.24, 2.45) is 9.98 Å². The first-order valence-corrected chi connectivity index (χ1v) is 10.5. The van der Waals surface area contributed by atoms with E-state index in [0.29, 0.717) is 45.6 Å². The zero-order valence-corrected chi connectivity index (χ0v) is 18.2. The molecule has 1 heterocycles. The van der Waals surface area contributed by atoms with Crippen molar-refractivity contribution in [2.45, 2.75) is 12.8 Å². The van der Waals surface area contributed by atoms with Crippen molar-refractivity contribution in [1.29, 1.82) is 0 Å². The molecular formula is C20H28N6O2S. The standard InChI is InChI=1S/C20H28N6O2S/c1-25(2)11-5-9-21-13-7-8-14(22-10-6-12-26(3)4)16-15(13)19(27)17-18(20(16)28)24-29-23-17/h7-8,23-24H,5-6,9-12H2,1-4H3. The van der Waals surface area contributed by atoms with Gasteiger partial charge in [-0.05, 0) is 66.3 Å². The SMILES string of the molecule is CN(C)CCCN=c1ccc(=NCCCN(C)C)c2c(=O)c3[nH]s[nH]c3c(=O)c12. The Bertz CT molecular complexity index is 1130. The van der Waals surface area contributed by atoms with Gasteiger partial charge < -0.3 is 9.80 Å². The molecule has 0 amide bonds. The molecule has 1 aromatic heterocycles. The normalized spacial score (nSPS) is 13.6. The molecule has 0 unspecified atom stereocenters. The number of aromatic nitrogens is 2. The fraction of sp³-hybridized carbons (Fsp3) is 0.500. The van der Waals surface area contributed by atoms with Crippen LogP contribution >= 0.6 is 11.7 Å². The average molecular weight is 417 g/mol. The van der Waals surface area contributed by atoms with Crippen LogP contribution in [0, 0.1) is 0 Å². The van der Waals surface area contributed by atoms with E-state index in [1.54, 1.807) is 0 Å².